The first-order chi connectivity index (χ1) is 10.2. The number of carbonyl (C=O) groups excluding carboxylic acids is 1. The fraction of sp³-hybridized carbons (Fsp3) is 0.235. The van der Waals surface area contributed by atoms with Crippen molar-refractivity contribution in [3.63, 3.8) is 0 Å². The Labute approximate surface area is 129 Å². The molecular weight excluding hydrogens is 286 g/mol. The molecule has 0 N–H and O–H groups in total. The Balaban J connectivity index is 1.89. The Morgan fingerprint density at radius 3 is 2.86 bits per heavy atom. The van der Waals surface area contributed by atoms with Gasteiger partial charge in [0.1, 0.15) is 5.75 Å². The van der Waals surface area contributed by atoms with Gasteiger partial charge in [-0.3, -0.25) is 4.79 Å². The smallest absolute Gasteiger partial charge is 0.254 e. The number of halogens is 1. The van der Waals surface area contributed by atoms with Gasteiger partial charge in [0.2, 0.25) is 0 Å². The minimum atomic E-state index is -0.0285. The number of amides is 1. The van der Waals surface area contributed by atoms with Crippen molar-refractivity contribution in [1.29, 1.82) is 0 Å². The Morgan fingerprint density at radius 1 is 1.24 bits per heavy atom. The van der Waals surface area contributed by atoms with E-state index in [1.54, 1.807) is 29.2 Å². The van der Waals surface area contributed by atoms with Crippen molar-refractivity contribution in [3.05, 3.63) is 64.7 Å². The molecule has 3 rings (SSSR count). The largest absolute Gasteiger partial charge is 0.493 e. The van der Waals surface area contributed by atoms with Gasteiger partial charge in [0.05, 0.1) is 12.6 Å². The van der Waals surface area contributed by atoms with Crippen LogP contribution in [-0.4, -0.2) is 24.5 Å². The van der Waals surface area contributed by atoms with Crippen molar-refractivity contribution < 1.29 is 9.53 Å². The van der Waals surface area contributed by atoms with Gasteiger partial charge in [0.15, 0.2) is 0 Å². The molecule has 1 atom stereocenters. The van der Waals surface area contributed by atoms with Crippen molar-refractivity contribution in [2.24, 2.45) is 0 Å². The molecule has 4 heteroatoms. The SMILES string of the molecule is CN(C(=O)c1cccc(Cl)c1)C1CCOc2ccccc21. The van der Waals surface area contributed by atoms with Crippen LogP contribution in [0, 0.1) is 0 Å². The van der Waals surface area contributed by atoms with E-state index >= 15 is 0 Å². The maximum absolute atomic E-state index is 12.6. The second-order valence-electron chi connectivity index (χ2n) is 5.12. The van der Waals surface area contributed by atoms with E-state index in [1.807, 2.05) is 31.3 Å². The van der Waals surface area contributed by atoms with E-state index in [9.17, 15) is 4.79 Å². The molecule has 0 bridgehead atoms. The molecule has 3 nitrogen and oxygen atoms in total. The summed E-state index contributed by atoms with van der Waals surface area (Å²) in [7, 11) is 1.83. The summed E-state index contributed by atoms with van der Waals surface area (Å²) in [6.07, 6.45) is 0.791. The van der Waals surface area contributed by atoms with E-state index in [0.29, 0.717) is 17.2 Å². The molecule has 0 aliphatic carbocycles. The van der Waals surface area contributed by atoms with Gasteiger partial charge in [-0.25, -0.2) is 0 Å². The zero-order chi connectivity index (χ0) is 14.8. The Bertz CT molecular complexity index is 671. The zero-order valence-corrected chi connectivity index (χ0v) is 12.5. The Kier molecular flexibility index (Phi) is 3.84. The molecule has 0 spiro atoms. The Hall–Kier alpha value is -2.00. The monoisotopic (exact) mass is 301 g/mol. The van der Waals surface area contributed by atoms with Gasteiger partial charge in [-0.05, 0) is 24.3 Å². The van der Waals surface area contributed by atoms with Gasteiger partial charge < -0.3 is 9.64 Å². The summed E-state index contributed by atoms with van der Waals surface area (Å²) in [5.41, 5.74) is 1.66. The highest BCUT2D eigenvalue weighted by Gasteiger charge is 2.28. The molecule has 1 amide bonds. The molecule has 0 aromatic heterocycles. The number of carbonyl (C=O) groups is 1. The van der Waals surface area contributed by atoms with Crippen molar-refractivity contribution in [3.8, 4) is 5.75 Å². The van der Waals surface area contributed by atoms with Crippen LogP contribution in [-0.2, 0) is 0 Å². The maximum Gasteiger partial charge on any atom is 0.254 e. The van der Waals surface area contributed by atoms with Crippen LogP contribution in [0.2, 0.25) is 5.02 Å². The minimum absolute atomic E-state index is 0.0285. The normalized spacial score (nSPS) is 16.8. The van der Waals surface area contributed by atoms with Crippen LogP contribution in [0.5, 0.6) is 5.75 Å². The first-order valence-corrected chi connectivity index (χ1v) is 7.29. The summed E-state index contributed by atoms with van der Waals surface area (Å²) in [5, 5.41) is 0.571. The van der Waals surface area contributed by atoms with Crippen LogP contribution in [0.15, 0.2) is 48.5 Å². The highest BCUT2D eigenvalue weighted by molar-refractivity contribution is 6.30. The van der Waals surface area contributed by atoms with Gasteiger partial charge in [-0.2, -0.15) is 0 Å². The lowest BCUT2D eigenvalue weighted by Crippen LogP contribution is -2.34. The lowest BCUT2D eigenvalue weighted by atomic mass is 9.98. The van der Waals surface area contributed by atoms with E-state index < -0.39 is 0 Å². The van der Waals surface area contributed by atoms with Crippen molar-refractivity contribution >= 4 is 17.5 Å². The highest BCUT2D eigenvalue weighted by atomic mass is 35.5. The molecule has 1 aliphatic heterocycles. The van der Waals surface area contributed by atoms with Gasteiger partial charge in [0, 0.05) is 29.6 Å². The zero-order valence-electron chi connectivity index (χ0n) is 11.8. The molecule has 1 unspecified atom stereocenters. The molecule has 1 aliphatic rings. The fourth-order valence-corrected chi connectivity index (χ4v) is 2.88. The molecule has 1 heterocycles. The van der Waals surface area contributed by atoms with Crippen LogP contribution in [0.1, 0.15) is 28.4 Å². The van der Waals surface area contributed by atoms with Crippen molar-refractivity contribution in [2.45, 2.75) is 12.5 Å². The topological polar surface area (TPSA) is 29.5 Å². The summed E-state index contributed by atoms with van der Waals surface area (Å²) in [6.45, 7) is 0.620. The number of fused-ring (bicyclic) bond motifs is 1. The first-order valence-electron chi connectivity index (χ1n) is 6.91. The van der Waals surface area contributed by atoms with Gasteiger partial charge in [0.25, 0.3) is 5.91 Å². The molecule has 2 aromatic carbocycles. The van der Waals surface area contributed by atoms with E-state index in [1.165, 1.54) is 0 Å². The number of benzene rings is 2. The van der Waals surface area contributed by atoms with Crippen LogP contribution in [0.3, 0.4) is 0 Å². The second kappa shape index (κ2) is 5.78. The van der Waals surface area contributed by atoms with E-state index in [4.69, 9.17) is 16.3 Å². The predicted molar refractivity (Wildman–Crippen MR) is 82.8 cm³/mol. The number of rotatable bonds is 2. The quantitative estimate of drug-likeness (QED) is 0.841. The van der Waals surface area contributed by atoms with Gasteiger partial charge in [-0.15, -0.1) is 0 Å². The molecule has 21 heavy (non-hydrogen) atoms. The standard InChI is InChI=1S/C17H16ClNO2/c1-19(17(20)12-5-4-6-13(18)11-12)15-9-10-21-16-8-3-2-7-14(15)16/h2-8,11,15H,9-10H2,1H3. The molecule has 0 fully saturated rings. The third-order valence-corrected chi connectivity index (χ3v) is 4.02. The van der Waals surface area contributed by atoms with Crippen LogP contribution >= 0.6 is 11.6 Å². The summed E-state index contributed by atoms with van der Waals surface area (Å²) in [5.74, 6) is 0.832. The number of hydrogen-bond donors (Lipinski definition) is 0. The number of ether oxygens (including phenoxy) is 1. The van der Waals surface area contributed by atoms with E-state index in [0.717, 1.165) is 17.7 Å². The summed E-state index contributed by atoms with van der Waals surface area (Å²) in [6, 6.07) is 14.9. The van der Waals surface area contributed by atoms with Crippen molar-refractivity contribution in [2.75, 3.05) is 13.7 Å². The van der Waals surface area contributed by atoms with Crippen LogP contribution in [0.25, 0.3) is 0 Å². The lowest BCUT2D eigenvalue weighted by molar-refractivity contribution is 0.0686. The third kappa shape index (κ3) is 2.74. The average Bonchev–Trinajstić information content (AvgIpc) is 2.53. The predicted octanol–water partition coefficient (Wildman–Crippen LogP) is 3.94. The second-order valence-corrected chi connectivity index (χ2v) is 5.55. The summed E-state index contributed by atoms with van der Waals surface area (Å²) in [4.78, 5) is 14.4. The van der Waals surface area contributed by atoms with Gasteiger partial charge >= 0.3 is 0 Å². The molecule has 0 saturated carbocycles. The average molecular weight is 302 g/mol. The van der Waals surface area contributed by atoms with Gasteiger partial charge in [-0.1, -0.05) is 35.9 Å². The minimum Gasteiger partial charge on any atom is -0.493 e. The first kappa shape index (κ1) is 14.0. The van der Waals surface area contributed by atoms with E-state index in [-0.39, 0.29) is 11.9 Å². The van der Waals surface area contributed by atoms with E-state index in [2.05, 4.69) is 0 Å². The maximum atomic E-state index is 12.6. The fourth-order valence-electron chi connectivity index (χ4n) is 2.69. The van der Waals surface area contributed by atoms with Crippen LogP contribution in [0.4, 0.5) is 0 Å². The number of hydrogen-bond acceptors (Lipinski definition) is 2. The van der Waals surface area contributed by atoms with Crippen LogP contribution < -0.4 is 4.74 Å². The molecule has 0 radical (unpaired) electrons. The molecular formula is C17H16ClNO2. The Morgan fingerprint density at radius 2 is 2.05 bits per heavy atom. The van der Waals surface area contributed by atoms with Crippen molar-refractivity contribution in [1.82, 2.24) is 4.90 Å². The number of nitrogens with zero attached hydrogens (tertiary/aromatic N) is 1. The molecule has 2 aromatic rings. The summed E-state index contributed by atoms with van der Waals surface area (Å²) < 4.78 is 5.65. The molecule has 108 valence electrons. The molecule has 0 saturated heterocycles. The lowest BCUT2D eigenvalue weighted by Gasteiger charge is -2.33. The third-order valence-electron chi connectivity index (χ3n) is 3.79. The highest BCUT2D eigenvalue weighted by Crippen LogP contribution is 2.35. The number of para-hydroxylation sites is 1. The summed E-state index contributed by atoms with van der Waals surface area (Å²) >= 11 is 5.97.